The predicted molar refractivity (Wildman–Crippen MR) is 111 cm³/mol. The second kappa shape index (κ2) is 7.36. The average Bonchev–Trinajstić information content (AvgIpc) is 2.99. The van der Waals surface area contributed by atoms with Crippen LogP contribution in [0.2, 0.25) is 0 Å². The first-order valence-electron chi connectivity index (χ1n) is 9.96. The van der Waals surface area contributed by atoms with Crippen molar-refractivity contribution >= 4 is 29.6 Å². The van der Waals surface area contributed by atoms with Crippen molar-refractivity contribution < 1.29 is 19.1 Å². The van der Waals surface area contributed by atoms with Gasteiger partial charge in [-0.15, -0.1) is 11.8 Å². The first-order valence-corrected chi connectivity index (χ1v) is 10.9. The molecule has 8 heteroatoms. The van der Waals surface area contributed by atoms with Gasteiger partial charge in [-0.3, -0.25) is 14.5 Å². The van der Waals surface area contributed by atoms with Crippen LogP contribution in [-0.4, -0.2) is 41.6 Å². The third-order valence-corrected chi connectivity index (χ3v) is 6.98. The fourth-order valence-electron chi connectivity index (χ4n) is 4.39. The molecule has 2 aromatic carbocycles. The van der Waals surface area contributed by atoms with Gasteiger partial charge in [0.25, 0.3) is 5.91 Å². The van der Waals surface area contributed by atoms with Crippen LogP contribution in [0.4, 0.5) is 4.79 Å². The normalized spacial score (nSPS) is 24.7. The van der Waals surface area contributed by atoms with Crippen molar-refractivity contribution in [1.29, 1.82) is 0 Å². The molecule has 3 aliphatic heterocycles. The lowest BCUT2D eigenvalue weighted by atomic mass is 9.84. The molecule has 154 valence electrons. The van der Waals surface area contributed by atoms with Gasteiger partial charge >= 0.3 is 6.03 Å². The molecule has 2 aromatic rings. The summed E-state index contributed by atoms with van der Waals surface area (Å²) in [6, 6.07) is 14.5. The molecular formula is C22H21N3O4S. The number of fused-ring (bicyclic) bond motifs is 3. The Morgan fingerprint density at radius 1 is 1.20 bits per heavy atom. The van der Waals surface area contributed by atoms with Gasteiger partial charge in [0.05, 0.1) is 12.6 Å². The number of imide groups is 1. The van der Waals surface area contributed by atoms with Crippen molar-refractivity contribution in [1.82, 2.24) is 15.5 Å². The molecule has 30 heavy (non-hydrogen) atoms. The van der Waals surface area contributed by atoms with E-state index in [9.17, 15) is 14.4 Å². The van der Waals surface area contributed by atoms with Gasteiger partial charge in [0, 0.05) is 22.6 Å². The predicted octanol–water partition coefficient (Wildman–Crippen LogP) is 2.57. The summed E-state index contributed by atoms with van der Waals surface area (Å²) in [6.45, 7) is 0.0147. The van der Waals surface area contributed by atoms with Gasteiger partial charge < -0.3 is 15.4 Å². The van der Waals surface area contributed by atoms with E-state index in [1.165, 1.54) is 0 Å². The highest BCUT2D eigenvalue weighted by atomic mass is 32.2. The molecule has 2 N–H and O–H groups in total. The summed E-state index contributed by atoms with van der Waals surface area (Å²) in [6.07, 6.45) is 1.14. The minimum absolute atomic E-state index is 0.117. The molecule has 0 aliphatic carbocycles. The van der Waals surface area contributed by atoms with Crippen molar-refractivity contribution in [3.05, 3.63) is 59.7 Å². The van der Waals surface area contributed by atoms with Crippen LogP contribution in [0.15, 0.2) is 53.4 Å². The molecule has 4 amide bonds. The Morgan fingerprint density at radius 2 is 2.00 bits per heavy atom. The number of ether oxygens (including phenoxy) is 1. The highest BCUT2D eigenvalue weighted by molar-refractivity contribution is 7.99. The molecule has 0 bridgehead atoms. The second-order valence-electron chi connectivity index (χ2n) is 7.62. The SMILES string of the molecule is O=C(CN1C(=O)N[C@@]2(CCOc3ccccc32)C1=O)N[C@@H]1CCSc2ccccc21. The minimum atomic E-state index is -1.17. The number of carbonyl (C=O) groups excluding carboxylic acids is 3. The number of nitrogens with zero attached hydrogens (tertiary/aromatic N) is 1. The van der Waals surface area contributed by atoms with Crippen molar-refractivity contribution in [2.24, 2.45) is 0 Å². The van der Waals surface area contributed by atoms with Gasteiger partial charge in [0.1, 0.15) is 12.3 Å². The number of thioether (sulfide) groups is 1. The summed E-state index contributed by atoms with van der Waals surface area (Å²) in [4.78, 5) is 40.9. The number of carbonyl (C=O) groups is 3. The lowest BCUT2D eigenvalue weighted by Crippen LogP contribution is -2.48. The van der Waals surface area contributed by atoms with E-state index in [-0.39, 0.29) is 18.5 Å². The lowest BCUT2D eigenvalue weighted by molar-refractivity contribution is -0.136. The van der Waals surface area contributed by atoms with Crippen LogP contribution in [0, 0.1) is 0 Å². The number of hydrogen-bond donors (Lipinski definition) is 2. The molecule has 1 spiro atoms. The molecular weight excluding hydrogens is 402 g/mol. The van der Waals surface area contributed by atoms with Crippen LogP contribution in [-0.2, 0) is 15.1 Å². The maximum Gasteiger partial charge on any atom is 0.325 e. The number of nitrogens with one attached hydrogen (secondary N) is 2. The van der Waals surface area contributed by atoms with E-state index in [0.29, 0.717) is 24.3 Å². The lowest BCUT2D eigenvalue weighted by Gasteiger charge is -2.33. The average molecular weight is 423 g/mol. The molecule has 3 aliphatic rings. The molecule has 2 atom stereocenters. The Labute approximate surface area is 178 Å². The number of rotatable bonds is 3. The van der Waals surface area contributed by atoms with E-state index in [1.54, 1.807) is 23.9 Å². The fourth-order valence-corrected chi connectivity index (χ4v) is 5.52. The maximum absolute atomic E-state index is 13.3. The Morgan fingerprint density at radius 3 is 2.90 bits per heavy atom. The van der Waals surface area contributed by atoms with Crippen LogP contribution in [0.1, 0.15) is 30.0 Å². The zero-order valence-electron chi connectivity index (χ0n) is 16.2. The monoisotopic (exact) mass is 423 g/mol. The Bertz CT molecular complexity index is 1040. The van der Waals surface area contributed by atoms with Gasteiger partial charge in [0.15, 0.2) is 5.54 Å². The molecule has 0 saturated carbocycles. The van der Waals surface area contributed by atoms with Crippen molar-refractivity contribution in [3.63, 3.8) is 0 Å². The van der Waals surface area contributed by atoms with Crippen LogP contribution < -0.4 is 15.4 Å². The molecule has 5 rings (SSSR count). The smallest absolute Gasteiger partial charge is 0.325 e. The van der Waals surface area contributed by atoms with Gasteiger partial charge in [0.2, 0.25) is 5.91 Å². The van der Waals surface area contributed by atoms with Gasteiger partial charge in [-0.1, -0.05) is 36.4 Å². The largest absolute Gasteiger partial charge is 0.493 e. The highest BCUT2D eigenvalue weighted by Crippen LogP contribution is 2.41. The Kier molecular flexibility index (Phi) is 4.66. The number of hydrogen-bond acceptors (Lipinski definition) is 5. The molecule has 7 nitrogen and oxygen atoms in total. The van der Waals surface area contributed by atoms with E-state index < -0.39 is 17.5 Å². The third kappa shape index (κ3) is 3.02. The van der Waals surface area contributed by atoms with E-state index in [2.05, 4.69) is 10.6 Å². The van der Waals surface area contributed by atoms with Crippen LogP contribution in [0.25, 0.3) is 0 Å². The van der Waals surface area contributed by atoms with E-state index in [0.717, 1.165) is 27.5 Å². The quantitative estimate of drug-likeness (QED) is 0.741. The zero-order chi connectivity index (χ0) is 20.7. The molecule has 0 aromatic heterocycles. The number of para-hydroxylation sites is 1. The summed E-state index contributed by atoms with van der Waals surface area (Å²) in [5.41, 5.74) is 0.546. The molecule has 0 radical (unpaired) electrons. The second-order valence-corrected chi connectivity index (χ2v) is 8.75. The summed E-state index contributed by atoms with van der Waals surface area (Å²) in [7, 11) is 0. The summed E-state index contributed by atoms with van der Waals surface area (Å²) < 4.78 is 5.64. The number of amides is 4. The van der Waals surface area contributed by atoms with Crippen LogP contribution in [0.3, 0.4) is 0 Å². The topological polar surface area (TPSA) is 87.7 Å². The van der Waals surface area contributed by atoms with Gasteiger partial charge in [-0.05, 0) is 24.1 Å². The maximum atomic E-state index is 13.3. The van der Waals surface area contributed by atoms with Gasteiger partial charge in [-0.2, -0.15) is 0 Å². The first-order chi connectivity index (χ1) is 14.6. The highest BCUT2D eigenvalue weighted by Gasteiger charge is 2.55. The van der Waals surface area contributed by atoms with Crippen molar-refractivity contribution in [3.8, 4) is 5.75 Å². The van der Waals surface area contributed by atoms with Crippen LogP contribution >= 0.6 is 11.8 Å². The third-order valence-electron chi connectivity index (χ3n) is 5.85. The summed E-state index contributed by atoms with van der Waals surface area (Å²) >= 11 is 1.77. The van der Waals surface area contributed by atoms with Crippen molar-refractivity contribution in [2.45, 2.75) is 29.3 Å². The molecule has 3 heterocycles. The summed E-state index contributed by atoms with van der Waals surface area (Å²) in [5, 5.41) is 5.83. The number of benzene rings is 2. The Hall–Kier alpha value is -3.00. The van der Waals surface area contributed by atoms with E-state index in [1.807, 2.05) is 36.4 Å². The standard InChI is InChI=1S/C22H21N3O4S/c26-19(23-16-9-12-30-18-8-4-1-5-14(16)18)13-25-20(27)22(24-21(25)28)10-11-29-17-7-3-2-6-15(17)22/h1-8,16H,9-13H2,(H,23,26)(H,24,28)/t16-,22-/m1/s1. The fraction of sp³-hybridized carbons (Fsp3) is 0.318. The first kappa shape index (κ1) is 19.0. The molecule has 1 fully saturated rings. The Balaban J connectivity index is 1.34. The van der Waals surface area contributed by atoms with E-state index >= 15 is 0 Å². The molecule has 0 unspecified atom stereocenters. The van der Waals surface area contributed by atoms with Crippen LogP contribution in [0.5, 0.6) is 5.75 Å². The minimum Gasteiger partial charge on any atom is -0.493 e. The molecule has 1 saturated heterocycles. The number of urea groups is 1. The van der Waals surface area contributed by atoms with Gasteiger partial charge in [-0.25, -0.2) is 4.79 Å². The van der Waals surface area contributed by atoms with Crippen molar-refractivity contribution in [2.75, 3.05) is 18.9 Å². The summed E-state index contributed by atoms with van der Waals surface area (Å²) in [5.74, 6) is 0.742. The zero-order valence-corrected chi connectivity index (χ0v) is 17.0. The van der Waals surface area contributed by atoms with E-state index in [4.69, 9.17) is 4.74 Å².